The molecule has 0 spiro atoms. The highest BCUT2D eigenvalue weighted by atomic mass is 16.5. The molecule has 2 N–H and O–H groups in total. The molecule has 1 rings (SSSR count). The third kappa shape index (κ3) is 3.21. The van der Waals surface area contributed by atoms with Crippen molar-refractivity contribution in [2.75, 3.05) is 6.61 Å². The zero-order valence-corrected chi connectivity index (χ0v) is 8.51. The van der Waals surface area contributed by atoms with Gasteiger partial charge in [0.2, 0.25) is 0 Å². The van der Waals surface area contributed by atoms with Crippen LogP contribution in [0.5, 0.6) is 0 Å². The van der Waals surface area contributed by atoms with Crippen molar-refractivity contribution in [2.24, 2.45) is 0 Å². The summed E-state index contributed by atoms with van der Waals surface area (Å²) in [5.74, 6) is -0.424. The molecule has 0 radical (unpaired) electrons. The normalized spacial score (nSPS) is 12.1. The van der Waals surface area contributed by atoms with Gasteiger partial charge in [-0.1, -0.05) is 0 Å². The lowest BCUT2D eigenvalue weighted by molar-refractivity contribution is -0.607. The number of aliphatic hydroxyl groups is 1. The number of nitrogens with one attached hydrogen (secondary N) is 1. The number of carbonyl (C=O) groups is 1. The van der Waals surface area contributed by atoms with Gasteiger partial charge < -0.3 is 15.6 Å². The van der Waals surface area contributed by atoms with Gasteiger partial charge in [-0.2, -0.15) is 4.73 Å². The molecule has 0 aliphatic heterocycles. The number of nitrogens with zero attached hydrogens (tertiary/aromatic N) is 1. The van der Waals surface area contributed by atoms with Crippen molar-refractivity contribution in [1.29, 1.82) is 0 Å². The summed E-state index contributed by atoms with van der Waals surface area (Å²) in [6, 6.07) is 4.48. The number of pyridine rings is 1. The number of hydrogen-bond donors (Lipinski definition) is 2. The van der Waals surface area contributed by atoms with Gasteiger partial charge in [0, 0.05) is 24.8 Å². The van der Waals surface area contributed by atoms with Crippen molar-refractivity contribution in [3.63, 3.8) is 0 Å². The van der Waals surface area contributed by atoms with E-state index in [2.05, 4.69) is 5.32 Å². The first-order valence-corrected chi connectivity index (χ1v) is 4.75. The molecule has 0 bridgehead atoms. The first-order chi connectivity index (χ1) is 7.15. The number of hydrogen-bond acceptors (Lipinski definition) is 3. The lowest BCUT2D eigenvalue weighted by atomic mass is 10.2. The summed E-state index contributed by atoms with van der Waals surface area (Å²) in [5.41, 5.74) is 0.0577. The first kappa shape index (κ1) is 11.5. The fourth-order valence-electron chi connectivity index (χ4n) is 1.17. The van der Waals surface area contributed by atoms with Gasteiger partial charge in [0.15, 0.2) is 6.20 Å². The zero-order valence-electron chi connectivity index (χ0n) is 8.51. The molecular formula is C10H14N2O3. The van der Waals surface area contributed by atoms with E-state index in [4.69, 9.17) is 5.11 Å². The minimum atomic E-state index is -0.424. The second-order valence-corrected chi connectivity index (χ2v) is 3.30. The van der Waals surface area contributed by atoms with Crippen LogP contribution in [0.15, 0.2) is 24.4 Å². The van der Waals surface area contributed by atoms with Crippen LogP contribution in [-0.2, 0) is 0 Å². The first-order valence-electron chi connectivity index (χ1n) is 4.75. The lowest BCUT2D eigenvalue weighted by Gasteiger charge is -2.11. The molecule has 0 aliphatic carbocycles. The largest absolute Gasteiger partial charge is 0.618 e. The summed E-state index contributed by atoms with van der Waals surface area (Å²) in [6.07, 6.45) is 1.74. The van der Waals surface area contributed by atoms with Crippen LogP contribution in [0, 0.1) is 5.21 Å². The summed E-state index contributed by atoms with van der Waals surface area (Å²) in [4.78, 5) is 11.5. The van der Waals surface area contributed by atoms with E-state index in [-0.39, 0.29) is 18.3 Å². The van der Waals surface area contributed by atoms with Gasteiger partial charge in [-0.3, -0.25) is 4.79 Å². The highest BCUT2D eigenvalue weighted by Gasteiger charge is 2.16. The van der Waals surface area contributed by atoms with Crippen LogP contribution < -0.4 is 10.0 Å². The molecule has 0 aromatic carbocycles. The highest BCUT2D eigenvalue weighted by Crippen LogP contribution is 1.94. The molecule has 0 saturated heterocycles. The molecule has 1 unspecified atom stereocenters. The second kappa shape index (κ2) is 5.31. The topological polar surface area (TPSA) is 76.3 Å². The summed E-state index contributed by atoms with van der Waals surface area (Å²) in [6.45, 7) is 1.78. The molecule has 1 atom stereocenters. The van der Waals surface area contributed by atoms with Gasteiger partial charge in [-0.25, -0.2) is 0 Å². The van der Waals surface area contributed by atoms with Gasteiger partial charge in [0.1, 0.15) is 0 Å². The maximum atomic E-state index is 11.5. The maximum Gasteiger partial charge on any atom is 0.317 e. The van der Waals surface area contributed by atoms with Crippen LogP contribution in [-0.4, -0.2) is 23.7 Å². The van der Waals surface area contributed by atoms with Gasteiger partial charge >= 0.3 is 5.91 Å². The monoisotopic (exact) mass is 210 g/mol. The number of aromatic nitrogens is 1. The molecule has 1 amide bonds. The molecule has 82 valence electrons. The van der Waals surface area contributed by atoms with Crippen molar-refractivity contribution in [1.82, 2.24) is 5.32 Å². The fraction of sp³-hybridized carbons (Fsp3) is 0.400. The number of rotatable bonds is 4. The quantitative estimate of drug-likeness (QED) is 0.534. The number of aliphatic hydroxyl groups excluding tert-OH is 1. The Morgan fingerprint density at radius 3 is 3.00 bits per heavy atom. The molecule has 5 nitrogen and oxygen atoms in total. The lowest BCUT2D eigenvalue weighted by Crippen LogP contribution is -2.42. The Hall–Kier alpha value is -1.62. The summed E-state index contributed by atoms with van der Waals surface area (Å²) in [5, 5.41) is 22.5. The smallest absolute Gasteiger partial charge is 0.317 e. The highest BCUT2D eigenvalue weighted by molar-refractivity contribution is 5.91. The van der Waals surface area contributed by atoms with E-state index in [0.29, 0.717) is 11.2 Å². The SMILES string of the molecule is CC(CCO)NC(=O)c1cccc[n+]1[O-]. The molecule has 1 heterocycles. The predicted molar refractivity (Wildman–Crippen MR) is 54.0 cm³/mol. The van der Waals surface area contributed by atoms with Crippen molar-refractivity contribution < 1.29 is 14.6 Å². The fourth-order valence-corrected chi connectivity index (χ4v) is 1.17. The molecular weight excluding hydrogens is 196 g/mol. The van der Waals surface area contributed by atoms with Crippen LogP contribution in [0.3, 0.4) is 0 Å². The molecule has 0 fully saturated rings. The molecule has 15 heavy (non-hydrogen) atoms. The number of amides is 1. The van der Waals surface area contributed by atoms with E-state index < -0.39 is 5.91 Å². The van der Waals surface area contributed by atoms with E-state index in [1.807, 2.05) is 0 Å². The molecule has 0 aliphatic rings. The van der Waals surface area contributed by atoms with E-state index in [1.165, 1.54) is 12.3 Å². The van der Waals surface area contributed by atoms with Gasteiger partial charge in [0.05, 0.1) is 0 Å². The van der Waals surface area contributed by atoms with E-state index in [9.17, 15) is 10.0 Å². The molecule has 0 saturated carbocycles. The minimum absolute atomic E-state index is 0.00755. The maximum absolute atomic E-state index is 11.5. The Morgan fingerprint density at radius 1 is 1.67 bits per heavy atom. The second-order valence-electron chi connectivity index (χ2n) is 3.30. The van der Waals surface area contributed by atoms with Gasteiger partial charge in [-0.15, -0.1) is 0 Å². The zero-order chi connectivity index (χ0) is 11.3. The molecule has 1 aromatic heterocycles. The predicted octanol–water partition coefficient (Wildman–Crippen LogP) is -0.179. The third-order valence-electron chi connectivity index (χ3n) is 2.00. The van der Waals surface area contributed by atoms with Gasteiger partial charge in [0.25, 0.3) is 5.69 Å². The average molecular weight is 210 g/mol. The van der Waals surface area contributed by atoms with E-state index in [1.54, 1.807) is 19.1 Å². The Balaban J connectivity index is 2.65. The van der Waals surface area contributed by atoms with E-state index in [0.717, 1.165) is 0 Å². The van der Waals surface area contributed by atoms with Crippen molar-refractivity contribution in [3.8, 4) is 0 Å². The Labute approximate surface area is 87.9 Å². The Morgan fingerprint density at radius 2 is 2.40 bits per heavy atom. The summed E-state index contributed by atoms with van der Waals surface area (Å²) >= 11 is 0. The summed E-state index contributed by atoms with van der Waals surface area (Å²) < 4.78 is 0.515. The number of carbonyl (C=O) groups excluding carboxylic acids is 1. The standard InChI is InChI=1S/C10H14N2O3/c1-8(5-7-13)11-10(14)9-4-2-3-6-12(9)15/h2-4,6,8,13H,5,7H2,1H3,(H,11,14). The summed E-state index contributed by atoms with van der Waals surface area (Å²) in [7, 11) is 0. The third-order valence-corrected chi connectivity index (χ3v) is 2.00. The molecule has 1 aromatic rings. The van der Waals surface area contributed by atoms with Crippen molar-refractivity contribution in [2.45, 2.75) is 19.4 Å². The van der Waals surface area contributed by atoms with Crippen LogP contribution in [0.1, 0.15) is 23.8 Å². The van der Waals surface area contributed by atoms with Crippen LogP contribution in [0.25, 0.3) is 0 Å². The Bertz CT molecular complexity index is 341. The Kier molecular flexibility index (Phi) is 4.05. The average Bonchev–Trinajstić information content (AvgIpc) is 2.18. The minimum Gasteiger partial charge on any atom is -0.618 e. The van der Waals surface area contributed by atoms with Crippen LogP contribution in [0.4, 0.5) is 0 Å². The van der Waals surface area contributed by atoms with Crippen LogP contribution in [0.2, 0.25) is 0 Å². The van der Waals surface area contributed by atoms with Gasteiger partial charge in [-0.05, 0) is 19.4 Å². The van der Waals surface area contributed by atoms with Crippen LogP contribution >= 0.6 is 0 Å². The van der Waals surface area contributed by atoms with E-state index >= 15 is 0 Å². The van der Waals surface area contributed by atoms with Crippen molar-refractivity contribution in [3.05, 3.63) is 35.3 Å². The van der Waals surface area contributed by atoms with Crippen molar-refractivity contribution >= 4 is 5.91 Å². The molecule has 5 heteroatoms.